The van der Waals surface area contributed by atoms with Gasteiger partial charge in [-0.05, 0) is 53.6 Å². The van der Waals surface area contributed by atoms with Gasteiger partial charge < -0.3 is 4.42 Å². The lowest BCUT2D eigenvalue weighted by molar-refractivity contribution is 0.669. The maximum absolute atomic E-state index is 6.28. The summed E-state index contributed by atoms with van der Waals surface area (Å²) in [6, 6.07) is 48.1. The van der Waals surface area contributed by atoms with Gasteiger partial charge in [0, 0.05) is 47.6 Å². The van der Waals surface area contributed by atoms with Crippen LogP contribution in [0.5, 0.6) is 0 Å². The Morgan fingerprint density at radius 1 is 0.364 bits per heavy atom. The number of furan rings is 1. The van der Waals surface area contributed by atoms with Gasteiger partial charge in [-0.25, -0.2) is 15.0 Å². The average molecular weight is 582 g/mol. The summed E-state index contributed by atoms with van der Waals surface area (Å²) >= 11 is 1.84. The highest BCUT2D eigenvalue weighted by Crippen LogP contribution is 2.38. The molecule has 6 aromatic carbocycles. The van der Waals surface area contributed by atoms with Gasteiger partial charge in [0.2, 0.25) is 0 Å². The van der Waals surface area contributed by atoms with E-state index in [4.69, 9.17) is 19.4 Å². The van der Waals surface area contributed by atoms with E-state index >= 15 is 0 Å². The van der Waals surface area contributed by atoms with Crippen LogP contribution in [-0.4, -0.2) is 15.0 Å². The number of benzene rings is 6. The minimum absolute atomic E-state index is 0.625. The second kappa shape index (κ2) is 9.97. The summed E-state index contributed by atoms with van der Waals surface area (Å²) in [5.41, 5.74) is 6.84. The predicted molar refractivity (Wildman–Crippen MR) is 182 cm³/mol. The van der Waals surface area contributed by atoms with Crippen molar-refractivity contribution < 1.29 is 4.42 Å². The Morgan fingerprint density at radius 2 is 0.864 bits per heavy atom. The lowest BCUT2D eigenvalue weighted by Gasteiger charge is -2.08. The summed E-state index contributed by atoms with van der Waals surface area (Å²) in [6.07, 6.45) is 0. The fourth-order valence-electron chi connectivity index (χ4n) is 5.94. The van der Waals surface area contributed by atoms with E-state index in [9.17, 15) is 0 Å². The molecule has 0 fully saturated rings. The third-order valence-electron chi connectivity index (χ3n) is 8.14. The Morgan fingerprint density at radius 3 is 1.55 bits per heavy atom. The molecule has 0 spiro atoms. The molecule has 0 saturated heterocycles. The van der Waals surface area contributed by atoms with Crippen LogP contribution in [0.4, 0.5) is 0 Å². The maximum Gasteiger partial charge on any atom is 0.164 e. The molecule has 0 amide bonds. The lowest BCUT2D eigenvalue weighted by Crippen LogP contribution is -2.00. The van der Waals surface area contributed by atoms with Crippen molar-refractivity contribution in [1.82, 2.24) is 15.0 Å². The number of thiophene rings is 1. The van der Waals surface area contributed by atoms with Crippen molar-refractivity contribution in [1.29, 1.82) is 0 Å². The minimum atomic E-state index is 0.625. The van der Waals surface area contributed by atoms with Crippen LogP contribution in [0, 0.1) is 0 Å². The topological polar surface area (TPSA) is 51.8 Å². The fourth-order valence-corrected chi connectivity index (χ4v) is 7.08. The van der Waals surface area contributed by atoms with Crippen LogP contribution >= 0.6 is 11.3 Å². The molecule has 3 aromatic heterocycles. The van der Waals surface area contributed by atoms with Gasteiger partial charge in [-0.15, -0.1) is 11.3 Å². The van der Waals surface area contributed by atoms with E-state index in [2.05, 4.69) is 66.7 Å². The molecule has 5 heteroatoms. The van der Waals surface area contributed by atoms with Crippen molar-refractivity contribution in [2.75, 3.05) is 0 Å². The number of hydrogen-bond acceptors (Lipinski definition) is 5. The molecule has 9 rings (SSSR count). The first-order chi connectivity index (χ1) is 21.8. The summed E-state index contributed by atoms with van der Waals surface area (Å²) in [4.78, 5) is 14.7. The lowest BCUT2D eigenvalue weighted by atomic mass is 10.0. The van der Waals surface area contributed by atoms with Crippen molar-refractivity contribution in [3.8, 4) is 45.3 Å². The van der Waals surface area contributed by atoms with E-state index in [0.717, 1.165) is 44.2 Å². The standard InChI is InChI=1S/C39H23N3OS/c1-3-9-24(10-4-1)37-40-38(25-11-5-2-6-12-25)42-39(41-37)28-17-20-34-32(22-28)31-21-26(16-19-33(31)43-34)27-15-18-30-29-13-7-8-14-35(29)44-36(30)23-27/h1-23H. The quantitative estimate of drug-likeness (QED) is 0.207. The van der Waals surface area contributed by atoms with Gasteiger partial charge in [0.15, 0.2) is 17.5 Å². The van der Waals surface area contributed by atoms with Gasteiger partial charge in [0.25, 0.3) is 0 Å². The van der Waals surface area contributed by atoms with Gasteiger partial charge in [-0.1, -0.05) is 97.1 Å². The summed E-state index contributed by atoms with van der Waals surface area (Å²) in [7, 11) is 0. The van der Waals surface area contributed by atoms with Gasteiger partial charge in [-0.2, -0.15) is 0 Å². The monoisotopic (exact) mass is 581 g/mol. The molecule has 3 heterocycles. The smallest absolute Gasteiger partial charge is 0.164 e. The third-order valence-corrected chi connectivity index (χ3v) is 9.27. The molecule has 206 valence electrons. The number of rotatable bonds is 4. The SMILES string of the molecule is c1ccc(-c2nc(-c3ccccc3)nc(-c3ccc4oc5ccc(-c6ccc7c(c6)sc6ccccc67)cc5c4c3)n2)cc1. The van der Waals surface area contributed by atoms with E-state index in [1.807, 2.05) is 84.1 Å². The Kier molecular flexibility index (Phi) is 5.64. The molecule has 0 unspecified atom stereocenters. The molecule has 0 aliphatic rings. The first-order valence-electron chi connectivity index (χ1n) is 14.5. The zero-order valence-corrected chi connectivity index (χ0v) is 24.3. The average Bonchev–Trinajstić information content (AvgIpc) is 3.66. The van der Waals surface area contributed by atoms with E-state index in [1.54, 1.807) is 0 Å². The van der Waals surface area contributed by atoms with Gasteiger partial charge in [0.1, 0.15) is 11.2 Å². The molecule has 0 bridgehead atoms. The van der Waals surface area contributed by atoms with Crippen molar-refractivity contribution in [3.63, 3.8) is 0 Å². The molecule has 0 radical (unpaired) electrons. The molecule has 4 nitrogen and oxygen atoms in total. The molecular weight excluding hydrogens is 559 g/mol. The zero-order valence-electron chi connectivity index (χ0n) is 23.4. The highest BCUT2D eigenvalue weighted by Gasteiger charge is 2.15. The van der Waals surface area contributed by atoms with Crippen molar-refractivity contribution in [3.05, 3.63) is 140 Å². The summed E-state index contributed by atoms with van der Waals surface area (Å²) < 4.78 is 8.88. The normalized spacial score (nSPS) is 11.6. The molecule has 0 atom stereocenters. The van der Waals surface area contributed by atoms with Gasteiger partial charge in [-0.3, -0.25) is 0 Å². The van der Waals surface area contributed by atoms with Crippen LogP contribution in [0.15, 0.2) is 144 Å². The van der Waals surface area contributed by atoms with Crippen LogP contribution in [-0.2, 0) is 0 Å². The third kappa shape index (κ3) is 4.17. The molecule has 0 aliphatic carbocycles. The van der Waals surface area contributed by atoms with E-state index in [0.29, 0.717) is 17.5 Å². The predicted octanol–water partition coefficient (Wildman–Crippen LogP) is 10.8. The van der Waals surface area contributed by atoms with Crippen LogP contribution in [0.2, 0.25) is 0 Å². The molecule has 9 aromatic rings. The number of hydrogen-bond donors (Lipinski definition) is 0. The van der Waals surface area contributed by atoms with E-state index < -0.39 is 0 Å². The Labute approximate surface area is 256 Å². The van der Waals surface area contributed by atoms with Crippen molar-refractivity contribution in [2.45, 2.75) is 0 Å². The van der Waals surface area contributed by atoms with Gasteiger partial charge >= 0.3 is 0 Å². The molecule has 0 N–H and O–H groups in total. The highest BCUT2D eigenvalue weighted by atomic mass is 32.1. The molecule has 44 heavy (non-hydrogen) atoms. The van der Waals surface area contributed by atoms with E-state index in [1.165, 1.54) is 25.7 Å². The van der Waals surface area contributed by atoms with Crippen LogP contribution in [0.25, 0.3) is 87.4 Å². The summed E-state index contributed by atoms with van der Waals surface area (Å²) in [6.45, 7) is 0. The van der Waals surface area contributed by atoms with Gasteiger partial charge in [0.05, 0.1) is 0 Å². The second-order valence-electron chi connectivity index (χ2n) is 10.9. The van der Waals surface area contributed by atoms with Crippen LogP contribution < -0.4 is 0 Å². The maximum atomic E-state index is 6.28. The first-order valence-corrected chi connectivity index (χ1v) is 15.3. The fraction of sp³-hybridized carbons (Fsp3) is 0. The second-order valence-corrected chi connectivity index (χ2v) is 12.0. The summed E-state index contributed by atoms with van der Waals surface area (Å²) in [5.74, 6) is 1.91. The number of fused-ring (bicyclic) bond motifs is 6. The van der Waals surface area contributed by atoms with E-state index in [-0.39, 0.29) is 0 Å². The number of aromatic nitrogens is 3. The molecule has 0 saturated carbocycles. The zero-order chi connectivity index (χ0) is 29.0. The Hall–Kier alpha value is -5.65. The Balaban J connectivity index is 1.18. The van der Waals surface area contributed by atoms with Crippen molar-refractivity contribution in [2.24, 2.45) is 0 Å². The number of nitrogens with zero attached hydrogens (tertiary/aromatic N) is 3. The summed E-state index contributed by atoms with van der Waals surface area (Å²) in [5, 5.41) is 4.71. The minimum Gasteiger partial charge on any atom is -0.456 e. The first kappa shape index (κ1) is 24.9. The van der Waals surface area contributed by atoms with Crippen LogP contribution in [0.3, 0.4) is 0 Å². The molecule has 0 aliphatic heterocycles. The van der Waals surface area contributed by atoms with Crippen LogP contribution in [0.1, 0.15) is 0 Å². The highest BCUT2D eigenvalue weighted by molar-refractivity contribution is 7.25. The van der Waals surface area contributed by atoms with Crippen molar-refractivity contribution >= 4 is 53.4 Å². The largest absolute Gasteiger partial charge is 0.456 e. The Bertz CT molecular complexity index is 2440. The molecular formula is C39H23N3OS.